The van der Waals surface area contributed by atoms with Gasteiger partial charge in [-0.3, -0.25) is 0 Å². The van der Waals surface area contributed by atoms with Crippen molar-refractivity contribution < 1.29 is 4.74 Å². The van der Waals surface area contributed by atoms with Gasteiger partial charge in [-0.15, -0.1) is 0 Å². The fourth-order valence-corrected chi connectivity index (χ4v) is 1.63. The lowest BCUT2D eigenvalue weighted by Crippen LogP contribution is -2.05. The number of aromatic nitrogens is 1. The lowest BCUT2D eigenvalue weighted by Gasteiger charge is -2.10. The first-order chi connectivity index (χ1) is 8.10. The van der Waals surface area contributed by atoms with Crippen LogP contribution in [0.1, 0.15) is 19.5 Å². The topological polar surface area (TPSA) is 71.9 Å². The van der Waals surface area contributed by atoms with E-state index in [1.807, 2.05) is 38.1 Å². The summed E-state index contributed by atoms with van der Waals surface area (Å²) in [5.41, 5.74) is 7.46. The number of hydrogen-bond acceptors (Lipinski definition) is 4. The average molecular weight is 227 g/mol. The van der Waals surface area contributed by atoms with Crippen molar-refractivity contribution in [3.8, 4) is 11.8 Å². The zero-order valence-corrected chi connectivity index (χ0v) is 9.77. The molecule has 0 atom stereocenters. The molecular weight excluding hydrogens is 214 g/mol. The molecule has 17 heavy (non-hydrogen) atoms. The van der Waals surface area contributed by atoms with E-state index in [1.54, 1.807) is 6.07 Å². The number of ether oxygens (including phenoxy) is 1. The highest BCUT2D eigenvalue weighted by atomic mass is 16.5. The summed E-state index contributed by atoms with van der Waals surface area (Å²) in [6.45, 7) is 3.93. The molecule has 86 valence electrons. The molecule has 0 saturated heterocycles. The lowest BCUT2D eigenvalue weighted by atomic mass is 10.1. The largest absolute Gasteiger partial charge is 0.491 e. The number of nitrogens with zero attached hydrogens (tertiary/aromatic N) is 2. The highest BCUT2D eigenvalue weighted by molar-refractivity contribution is 5.91. The molecule has 0 spiro atoms. The van der Waals surface area contributed by atoms with Gasteiger partial charge in [0.2, 0.25) is 0 Å². The molecule has 0 saturated carbocycles. The molecule has 0 fully saturated rings. The van der Waals surface area contributed by atoms with Crippen LogP contribution in [0.4, 0.5) is 5.69 Å². The molecule has 1 aromatic carbocycles. The Morgan fingerprint density at radius 2 is 2.12 bits per heavy atom. The van der Waals surface area contributed by atoms with Gasteiger partial charge in [-0.2, -0.15) is 5.26 Å². The van der Waals surface area contributed by atoms with Crippen molar-refractivity contribution in [1.82, 2.24) is 4.98 Å². The third-order valence-corrected chi connectivity index (χ3v) is 2.30. The molecule has 2 aromatic rings. The fourth-order valence-electron chi connectivity index (χ4n) is 1.63. The third kappa shape index (κ3) is 2.28. The Morgan fingerprint density at radius 1 is 1.35 bits per heavy atom. The third-order valence-electron chi connectivity index (χ3n) is 2.30. The van der Waals surface area contributed by atoms with Crippen molar-refractivity contribution in [3.63, 3.8) is 0 Å². The van der Waals surface area contributed by atoms with Gasteiger partial charge >= 0.3 is 0 Å². The van der Waals surface area contributed by atoms with Gasteiger partial charge in [-0.1, -0.05) is 0 Å². The van der Waals surface area contributed by atoms with E-state index >= 15 is 0 Å². The van der Waals surface area contributed by atoms with Crippen LogP contribution < -0.4 is 10.5 Å². The molecule has 0 aliphatic rings. The van der Waals surface area contributed by atoms with Crippen molar-refractivity contribution in [3.05, 3.63) is 30.0 Å². The molecule has 4 nitrogen and oxygen atoms in total. The van der Waals surface area contributed by atoms with E-state index in [0.29, 0.717) is 16.9 Å². The molecule has 2 rings (SSSR count). The van der Waals surface area contributed by atoms with Gasteiger partial charge in [-0.05, 0) is 38.1 Å². The van der Waals surface area contributed by atoms with Gasteiger partial charge in [-0.25, -0.2) is 4.98 Å². The highest BCUT2D eigenvalue weighted by Gasteiger charge is 2.05. The Balaban J connectivity index is 2.55. The lowest BCUT2D eigenvalue weighted by molar-refractivity contribution is 0.243. The summed E-state index contributed by atoms with van der Waals surface area (Å²) in [7, 11) is 0. The minimum Gasteiger partial charge on any atom is -0.491 e. The van der Waals surface area contributed by atoms with Crippen LogP contribution in [0.3, 0.4) is 0 Å². The van der Waals surface area contributed by atoms with Crippen LogP contribution in [-0.2, 0) is 0 Å². The SMILES string of the molecule is CC(C)Oc1ccc2nc(C#N)cc(N)c2c1. The molecule has 1 aromatic heterocycles. The summed E-state index contributed by atoms with van der Waals surface area (Å²) in [6.07, 6.45) is 0.111. The van der Waals surface area contributed by atoms with Gasteiger partial charge in [0.05, 0.1) is 11.6 Å². The van der Waals surface area contributed by atoms with Crippen LogP contribution in [-0.4, -0.2) is 11.1 Å². The second-order valence-electron chi connectivity index (χ2n) is 4.05. The fraction of sp³-hybridized carbons (Fsp3) is 0.231. The molecular formula is C13H13N3O. The quantitative estimate of drug-likeness (QED) is 0.855. The number of hydrogen-bond donors (Lipinski definition) is 1. The standard InChI is InChI=1S/C13H13N3O/c1-8(2)17-10-3-4-13-11(6-10)12(15)5-9(7-14)16-13/h3-6,8H,1-2H3,(H2,15,16). The Morgan fingerprint density at radius 3 is 2.76 bits per heavy atom. The second-order valence-corrected chi connectivity index (χ2v) is 4.05. The average Bonchev–Trinajstić information content (AvgIpc) is 2.29. The van der Waals surface area contributed by atoms with Crippen LogP contribution in [0.15, 0.2) is 24.3 Å². The monoisotopic (exact) mass is 227 g/mol. The minimum atomic E-state index is 0.111. The molecule has 0 radical (unpaired) electrons. The summed E-state index contributed by atoms with van der Waals surface area (Å²) < 4.78 is 5.59. The van der Waals surface area contributed by atoms with E-state index in [9.17, 15) is 0 Å². The highest BCUT2D eigenvalue weighted by Crippen LogP contribution is 2.25. The van der Waals surface area contributed by atoms with Crippen LogP contribution in [0.5, 0.6) is 5.75 Å². The van der Waals surface area contributed by atoms with Crippen molar-refractivity contribution in [2.75, 3.05) is 5.73 Å². The van der Waals surface area contributed by atoms with Crippen molar-refractivity contribution in [2.45, 2.75) is 20.0 Å². The number of rotatable bonds is 2. The van der Waals surface area contributed by atoms with Crippen LogP contribution in [0.2, 0.25) is 0 Å². The molecule has 0 aliphatic heterocycles. The zero-order chi connectivity index (χ0) is 12.4. The number of fused-ring (bicyclic) bond motifs is 1. The van der Waals surface area contributed by atoms with E-state index in [2.05, 4.69) is 4.98 Å². The summed E-state index contributed by atoms with van der Waals surface area (Å²) in [6, 6.07) is 9.04. The van der Waals surface area contributed by atoms with Crippen LogP contribution in [0.25, 0.3) is 10.9 Å². The summed E-state index contributed by atoms with van der Waals surface area (Å²) in [4.78, 5) is 4.18. The molecule has 0 amide bonds. The molecule has 0 aliphatic carbocycles. The normalized spacial score (nSPS) is 10.5. The zero-order valence-electron chi connectivity index (χ0n) is 9.77. The Hall–Kier alpha value is -2.28. The molecule has 2 N–H and O–H groups in total. The predicted molar refractivity (Wildman–Crippen MR) is 66.6 cm³/mol. The van der Waals surface area contributed by atoms with Gasteiger partial charge in [0.1, 0.15) is 17.5 Å². The smallest absolute Gasteiger partial charge is 0.143 e. The molecule has 1 heterocycles. The number of nitriles is 1. The van der Waals surface area contributed by atoms with Gasteiger partial charge in [0.25, 0.3) is 0 Å². The number of benzene rings is 1. The number of anilines is 1. The van der Waals surface area contributed by atoms with Gasteiger partial charge < -0.3 is 10.5 Å². The van der Waals surface area contributed by atoms with Crippen LogP contribution in [0, 0.1) is 11.3 Å². The van der Waals surface area contributed by atoms with E-state index in [4.69, 9.17) is 15.7 Å². The summed E-state index contributed by atoms with van der Waals surface area (Å²) in [5.74, 6) is 0.755. The predicted octanol–water partition coefficient (Wildman–Crippen LogP) is 2.48. The van der Waals surface area contributed by atoms with E-state index in [0.717, 1.165) is 11.1 Å². The first-order valence-corrected chi connectivity index (χ1v) is 5.37. The van der Waals surface area contributed by atoms with Crippen molar-refractivity contribution >= 4 is 16.6 Å². The van der Waals surface area contributed by atoms with Gasteiger partial charge in [0.15, 0.2) is 0 Å². The minimum absolute atomic E-state index is 0.111. The number of nitrogens with two attached hydrogens (primary N) is 1. The van der Waals surface area contributed by atoms with Crippen molar-refractivity contribution in [1.29, 1.82) is 5.26 Å². The van der Waals surface area contributed by atoms with Gasteiger partial charge in [0, 0.05) is 11.1 Å². The molecule has 4 heteroatoms. The van der Waals surface area contributed by atoms with E-state index in [1.165, 1.54) is 0 Å². The van der Waals surface area contributed by atoms with Crippen LogP contribution >= 0.6 is 0 Å². The Labute approximate surface area is 99.6 Å². The first kappa shape index (κ1) is 11.2. The Kier molecular flexibility index (Phi) is 2.84. The maximum atomic E-state index is 8.80. The first-order valence-electron chi connectivity index (χ1n) is 5.37. The van der Waals surface area contributed by atoms with E-state index < -0.39 is 0 Å². The maximum absolute atomic E-state index is 8.80. The van der Waals surface area contributed by atoms with Crippen molar-refractivity contribution in [2.24, 2.45) is 0 Å². The van der Waals surface area contributed by atoms with E-state index in [-0.39, 0.29) is 6.10 Å². The number of nitrogen functional groups attached to an aromatic ring is 1. The summed E-state index contributed by atoms with van der Waals surface area (Å²) in [5, 5.41) is 9.61. The second kappa shape index (κ2) is 4.30. The summed E-state index contributed by atoms with van der Waals surface area (Å²) >= 11 is 0. The number of pyridine rings is 1. The molecule has 0 unspecified atom stereocenters. The maximum Gasteiger partial charge on any atom is 0.143 e. The Bertz CT molecular complexity index is 599. The molecule has 0 bridgehead atoms.